The van der Waals surface area contributed by atoms with Gasteiger partial charge in [-0.3, -0.25) is 4.98 Å². The van der Waals surface area contributed by atoms with Crippen LogP contribution < -0.4 is 5.32 Å². The van der Waals surface area contributed by atoms with Crippen LogP contribution in [0.4, 0.5) is 4.79 Å². The molecule has 1 aromatic rings. The first-order chi connectivity index (χ1) is 8.77. The first kappa shape index (κ1) is 13.2. The standard InChI is InChI=1S/C13H19N3OS/c1-11(12-3-5-14-6-4-12)15-13(17)16-7-2-9-18-10-8-16/h3-6,11H,2,7-10H2,1H3,(H,15,17). The Labute approximate surface area is 112 Å². The molecular formula is C13H19N3OS. The van der Waals surface area contributed by atoms with Crippen LogP contribution in [0, 0.1) is 0 Å². The molecule has 1 aliphatic heterocycles. The molecule has 2 amide bonds. The van der Waals surface area contributed by atoms with Gasteiger partial charge in [-0.25, -0.2) is 4.79 Å². The summed E-state index contributed by atoms with van der Waals surface area (Å²) < 4.78 is 0. The van der Waals surface area contributed by atoms with Gasteiger partial charge < -0.3 is 10.2 Å². The molecule has 4 nitrogen and oxygen atoms in total. The average Bonchev–Trinajstić information content (AvgIpc) is 2.68. The Morgan fingerprint density at radius 1 is 1.39 bits per heavy atom. The van der Waals surface area contributed by atoms with E-state index in [1.54, 1.807) is 12.4 Å². The quantitative estimate of drug-likeness (QED) is 0.892. The summed E-state index contributed by atoms with van der Waals surface area (Å²) in [5, 5.41) is 3.04. The SMILES string of the molecule is CC(NC(=O)N1CCCSCC1)c1ccncc1. The van der Waals surface area contributed by atoms with E-state index in [0.717, 1.165) is 36.6 Å². The van der Waals surface area contributed by atoms with Gasteiger partial charge in [-0.2, -0.15) is 11.8 Å². The normalized spacial score (nSPS) is 17.9. The highest BCUT2D eigenvalue weighted by atomic mass is 32.2. The predicted molar refractivity (Wildman–Crippen MR) is 74.7 cm³/mol. The van der Waals surface area contributed by atoms with Gasteiger partial charge in [0.25, 0.3) is 0 Å². The number of nitrogens with one attached hydrogen (secondary N) is 1. The molecule has 1 saturated heterocycles. The molecule has 2 rings (SSSR count). The van der Waals surface area contributed by atoms with E-state index in [2.05, 4.69) is 10.3 Å². The van der Waals surface area contributed by atoms with E-state index in [1.165, 1.54) is 0 Å². The third kappa shape index (κ3) is 3.63. The Morgan fingerprint density at radius 2 is 2.17 bits per heavy atom. The van der Waals surface area contributed by atoms with E-state index in [4.69, 9.17) is 0 Å². The van der Waals surface area contributed by atoms with E-state index < -0.39 is 0 Å². The smallest absolute Gasteiger partial charge is 0.317 e. The summed E-state index contributed by atoms with van der Waals surface area (Å²) in [6.45, 7) is 3.71. The van der Waals surface area contributed by atoms with E-state index in [-0.39, 0.29) is 12.1 Å². The fourth-order valence-corrected chi connectivity index (χ4v) is 2.85. The number of pyridine rings is 1. The van der Waals surface area contributed by atoms with Gasteiger partial charge in [0.2, 0.25) is 0 Å². The minimum Gasteiger partial charge on any atom is -0.331 e. The highest BCUT2D eigenvalue weighted by Crippen LogP contribution is 2.13. The molecule has 0 aliphatic carbocycles. The lowest BCUT2D eigenvalue weighted by atomic mass is 10.1. The molecule has 1 aromatic heterocycles. The molecule has 1 unspecified atom stereocenters. The number of urea groups is 1. The summed E-state index contributed by atoms with van der Waals surface area (Å²) >= 11 is 1.92. The lowest BCUT2D eigenvalue weighted by Gasteiger charge is -2.23. The zero-order valence-electron chi connectivity index (χ0n) is 10.6. The monoisotopic (exact) mass is 265 g/mol. The number of aromatic nitrogens is 1. The number of rotatable bonds is 2. The first-order valence-corrected chi connectivity index (χ1v) is 7.46. The van der Waals surface area contributed by atoms with Crippen LogP contribution in [0.3, 0.4) is 0 Å². The van der Waals surface area contributed by atoms with Gasteiger partial charge in [0.15, 0.2) is 0 Å². The van der Waals surface area contributed by atoms with Gasteiger partial charge in [0.1, 0.15) is 0 Å². The highest BCUT2D eigenvalue weighted by Gasteiger charge is 2.17. The number of carbonyl (C=O) groups is 1. The summed E-state index contributed by atoms with van der Waals surface area (Å²) in [6, 6.07) is 3.94. The van der Waals surface area contributed by atoms with Gasteiger partial charge in [0.05, 0.1) is 6.04 Å². The molecule has 18 heavy (non-hydrogen) atoms. The molecule has 98 valence electrons. The van der Waals surface area contributed by atoms with Crippen molar-refractivity contribution in [2.24, 2.45) is 0 Å². The van der Waals surface area contributed by atoms with Gasteiger partial charge >= 0.3 is 6.03 Å². The van der Waals surface area contributed by atoms with Crippen molar-refractivity contribution in [3.63, 3.8) is 0 Å². The molecule has 1 N–H and O–H groups in total. The molecule has 0 radical (unpaired) electrons. The van der Waals surface area contributed by atoms with Gasteiger partial charge in [-0.1, -0.05) is 0 Å². The van der Waals surface area contributed by atoms with Crippen molar-refractivity contribution in [3.05, 3.63) is 30.1 Å². The molecule has 0 bridgehead atoms. The zero-order valence-corrected chi connectivity index (χ0v) is 11.4. The van der Waals surface area contributed by atoms with Crippen LogP contribution in [0.25, 0.3) is 0 Å². The maximum absolute atomic E-state index is 12.1. The van der Waals surface area contributed by atoms with Crippen LogP contribution in [0.1, 0.15) is 24.9 Å². The van der Waals surface area contributed by atoms with Crippen molar-refractivity contribution in [1.29, 1.82) is 0 Å². The maximum atomic E-state index is 12.1. The van der Waals surface area contributed by atoms with Crippen molar-refractivity contribution in [2.75, 3.05) is 24.6 Å². The second-order valence-electron chi connectivity index (χ2n) is 4.40. The Bertz CT molecular complexity index is 377. The van der Waals surface area contributed by atoms with Crippen LogP contribution in [0.15, 0.2) is 24.5 Å². The summed E-state index contributed by atoms with van der Waals surface area (Å²) in [7, 11) is 0. The first-order valence-electron chi connectivity index (χ1n) is 6.30. The number of amides is 2. The summed E-state index contributed by atoms with van der Waals surface area (Å²) in [5.74, 6) is 2.20. The molecule has 1 aliphatic rings. The number of hydrogen-bond acceptors (Lipinski definition) is 3. The Balaban J connectivity index is 1.90. The lowest BCUT2D eigenvalue weighted by Crippen LogP contribution is -2.42. The van der Waals surface area contributed by atoms with Crippen LogP contribution in [0.2, 0.25) is 0 Å². The van der Waals surface area contributed by atoms with Gasteiger partial charge in [-0.15, -0.1) is 0 Å². The van der Waals surface area contributed by atoms with E-state index in [9.17, 15) is 4.79 Å². The second-order valence-corrected chi connectivity index (χ2v) is 5.63. The minimum atomic E-state index is 0.0245. The van der Waals surface area contributed by atoms with E-state index >= 15 is 0 Å². The highest BCUT2D eigenvalue weighted by molar-refractivity contribution is 7.99. The number of thioether (sulfide) groups is 1. The van der Waals surface area contributed by atoms with Gasteiger partial charge in [-0.05, 0) is 36.8 Å². The topological polar surface area (TPSA) is 45.2 Å². The van der Waals surface area contributed by atoms with Crippen molar-refractivity contribution in [1.82, 2.24) is 15.2 Å². The fraction of sp³-hybridized carbons (Fsp3) is 0.538. The van der Waals surface area contributed by atoms with Crippen molar-refractivity contribution in [3.8, 4) is 0 Å². The number of carbonyl (C=O) groups excluding carboxylic acids is 1. The molecule has 1 fully saturated rings. The number of hydrogen-bond donors (Lipinski definition) is 1. The third-order valence-corrected chi connectivity index (χ3v) is 4.10. The van der Waals surface area contributed by atoms with Crippen molar-refractivity contribution >= 4 is 17.8 Å². The predicted octanol–water partition coefficient (Wildman–Crippen LogP) is 2.29. The Hall–Kier alpha value is -1.23. The van der Waals surface area contributed by atoms with Gasteiger partial charge in [0, 0.05) is 31.2 Å². The molecule has 0 spiro atoms. The Morgan fingerprint density at radius 3 is 2.94 bits per heavy atom. The molecule has 2 heterocycles. The molecule has 0 saturated carbocycles. The van der Waals surface area contributed by atoms with Crippen molar-refractivity contribution in [2.45, 2.75) is 19.4 Å². The zero-order chi connectivity index (χ0) is 12.8. The minimum absolute atomic E-state index is 0.0245. The fourth-order valence-electron chi connectivity index (χ4n) is 1.96. The van der Waals surface area contributed by atoms with Crippen molar-refractivity contribution < 1.29 is 4.79 Å². The summed E-state index contributed by atoms with van der Waals surface area (Å²) in [6.07, 6.45) is 4.59. The molecule has 0 aromatic carbocycles. The number of nitrogens with zero attached hydrogens (tertiary/aromatic N) is 2. The molecular weight excluding hydrogens is 246 g/mol. The van der Waals surface area contributed by atoms with E-state index in [1.807, 2.05) is 35.7 Å². The second kappa shape index (κ2) is 6.64. The third-order valence-electron chi connectivity index (χ3n) is 3.06. The van der Waals surface area contributed by atoms with Crippen LogP contribution >= 0.6 is 11.8 Å². The lowest BCUT2D eigenvalue weighted by molar-refractivity contribution is 0.198. The summed E-state index contributed by atoms with van der Waals surface area (Å²) in [4.78, 5) is 18.0. The summed E-state index contributed by atoms with van der Waals surface area (Å²) in [5.41, 5.74) is 1.09. The van der Waals surface area contributed by atoms with Crippen LogP contribution in [-0.4, -0.2) is 40.5 Å². The molecule has 1 atom stereocenters. The Kier molecular flexibility index (Phi) is 4.87. The largest absolute Gasteiger partial charge is 0.331 e. The molecule has 5 heteroatoms. The van der Waals surface area contributed by atoms with E-state index in [0.29, 0.717) is 0 Å². The van der Waals surface area contributed by atoms with Crippen LogP contribution in [0.5, 0.6) is 0 Å². The average molecular weight is 265 g/mol. The van der Waals surface area contributed by atoms with Crippen LogP contribution in [-0.2, 0) is 0 Å². The maximum Gasteiger partial charge on any atom is 0.317 e.